The van der Waals surface area contributed by atoms with Gasteiger partial charge in [0.25, 0.3) is 0 Å². The van der Waals surface area contributed by atoms with Gasteiger partial charge in [-0.1, -0.05) is 12.1 Å². The van der Waals surface area contributed by atoms with Crippen molar-refractivity contribution in [3.05, 3.63) is 50.3 Å². The molecule has 3 nitrogen and oxygen atoms in total. The Labute approximate surface area is 114 Å². The van der Waals surface area contributed by atoms with Gasteiger partial charge in [-0.2, -0.15) is 0 Å². The standard InChI is InChI=1S/C14H14BrNO2/c1-8-12(14(17)13(15)9(2)16-8)10-4-6-11(18-3)7-5-10/h4-7H,1-3H3,(H,16,17). The van der Waals surface area contributed by atoms with Crippen LogP contribution in [-0.2, 0) is 0 Å². The van der Waals surface area contributed by atoms with Crippen LogP contribution in [0.1, 0.15) is 11.4 Å². The fourth-order valence-electron chi connectivity index (χ4n) is 1.95. The molecule has 0 aliphatic carbocycles. The molecule has 0 fully saturated rings. The third-order valence-corrected chi connectivity index (χ3v) is 3.84. The van der Waals surface area contributed by atoms with Crippen molar-refractivity contribution in [1.82, 2.24) is 4.98 Å². The predicted octanol–water partition coefficient (Wildman–Crippen LogP) is 3.43. The zero-order chi connectivity index (χ0) is 13.3. The molecule has 1 N–H and O–H groups in total. The molecule has 0 saturated carbocycles. The van der Waals surface area contributed by atoms with Gasteiger partial charge in [-0.15, -0.1) is 0 Å². The molecular weight excluding hydrogens is 294 g/mol. The van der Waals surface area contributed by atoms with Gasteiger partial charge in [0.2, 0.25) is 5.43 Å². The monoisotopic (exact) mass is 307 g/mol. The highest BCUT2D eigenvalue weighted by molar-refractivity contribution is 9.10. The van der Waals surface area contributed by atoms with Crippen LogP contribution in [-0.4, -0.2) is 12.1 Å². The summed E-state index contributed by atoms with van der Waals surface area (Å²) < 4.78 is 5.70. The lowest BCUT2D eigenvalue weighted by Crippen LogP contribution is -2.11. The number of benzene rings is 1. The summed E-state index contributed by atoms with van der Waals surface area (Å²) in [5.74, 6) is 0.777. The Kier molecular flexibility index (Phi) is 3.57. The molecule has 4 heteroatoms. The van der Waals surface area contributed by atoms with Gasteiger partial charge in [-0.25, -0.2) is 0 Å². The molecule has 0 aliphatic heterocycles. The second kappa shape index (κ2) is 4.98. The number of ether oxygens (including phenoxy) is 1. The maximum atomic E-state index is 12.3. The van der Waals surface area contributed by atoms with Crippen LogP contribution in [0.15, 0.2) is 33.5 Å². The summed E-state index contributed by atoms with van der Waals surface area (Å²) in [4.78, 5) is 15.5. The molecule has 0 unspecified atom stereocenters. The highest BCUT2D eigenvalue weighted by Gasteiger charge is 2.12. The Morgan fingerprint density at radius 3 is 2.28 bits per heavy atom. The van der Waals surface area contributed by atoms with Gasteiger partial charge in [0.15, 0.2) is 0 Å². The van der Waals surface area contributed by atoms with Gasteiger partial charge in [0.05, 0.1) is 11.6 Å². The predicted molar refractivity (Wildman–Crippen MR) is 76.2 cm³/mol. The quantitative estimate of drug-likeness (QED) is 0.923. The largest absolute Gasteiger partial charge is 0.497 e. The average Bonchev–Trinajstić information content (AvgIpc) is 2.37. The summed E-state index contributed by atoms with van der Waals surface area (Å²) in [7, 11) is 1.62. The molecule has 1 heterocycles. The van der Waals surface area contributed by atoms with Crippen molar-refractivity contribution < 1.29 is 4.74 Å². The van der Waals surface area contributed by atoms with Crippen molar-refractivity contribution >= 4 is 15.9 Å². The molecule has 2 rings (SSSR count). The van der Waals surface area contributed by atoms with E-state index in [0.717, 1.165) is 22.7 Å². The molecule has 0 spiro atoms. The number of aromatic nitrogens is 1. The molecule has 0 radical (unpaired) electrons. The van der Waals surface area contributed by atoms with E-state index in [1.165, 1.54) is 0 Å². The first-order valence-electron chi connectivity index (χ1n) is 5.58. The van der Waals surface area contributed by atoms with Crippen LogP contribution in [0, 0.1) is 13.8 Å². The third-order valence-electron chi connectivity index (χ3n) is 2.88. The smallest absolute Gasteiger partial charge is 0.204 e. The molecule has 0 atom stereocenters. The van der Waals surface area contributed by atoms with Crippen LogP contribution in [0.3, 0.4) is 0 Å². The topological polar surface area (TPSA) is 42.1 Å². The minimum absolute atomic E-state index is 0.00826. The molecule has 18 heavy (non-hydrogen) atoms. The molecule has 1 aromatic heterocycles. The first-order chi connectivity index (χ1) is 8.54. The highest BCUT2D eigenvalue weighted by atomic mass is 79.9. The van der Waals surface area contributed by atoms with E-state index in [-0.39, 0.29) is 5.43 Å². The summed E-state index contributed by atoms with van der Waals surface area (Å²) in [5, 5.41) is 0. The molecule has 0 amide bonds. The number of pyridine rings is 1. The van der Waals surface area contributed by atoms with E-state index < -0.39 is 0 Å². The van der Waals surface area contributed by atoms with Crippen molar-refractivity contribution in [1.29, 1.82) is 0 Å². The first-order valence-corrected chi connectivity index (χ1v) is 6.37. The number of aromatic amines is 1. The van der Waals surface area contributed by atoms with Crippen molar-refractivity contribution in [2.75, 3.05) is 7.11 Å². The number of nitrogens with one attached hydrogen (secondary N) is 1. The van der Waals surface area contributed by atoms with E-state index in [9.17, 15) is 4.79 Å². The van der Waals surface area contributed by atoms with Gasteiger partial charge < -0.3 is 9.72 Å². The number of aryl methyl sites for hydroxylation is 2. The van der Waals surface area contributed by atoms with Crippen LogP contribution >= 0.6 is 15.9 Å². The summed E-state index contributed by atoms with van der Waals surface area (Å²) >= 11 is 3.32. The van der Waals surface area contributed by atoms with Crippen molar-refractivity contribution in [2.45, 2.75) is 13.8 Å². The van der Waals surface area contributed by atoms with E-state index in [4.69, 9.17) is 4.74 Å². The van der Waals surface area contributed by atoms with Gasteiger partial charge in [0.1, 0.15) is 5.75 Å². The van der Waals surface area contributed by atoms with Crippen molar-refractivity contribution in [2.24, 2.45) is 0 Å². The maximum Gasteiger partial charge on any atom is 0.204 e. The zero-order valence-corrected chi connectivity index (χ0v) is 12.1. The molecular formula is C14H14BrNO2. The van der Waals surface area contributed by atoms with Crippen molar-refractivity contribution in [3.63, 3.8) is 0 Å². The maximum absolute atomic E-state index is 12.3. The van der Waals surface area contributed by atoms with E-state index in [1.807, 2.05) is 38.1 Å². The molecule has 0 aliphatic rings. The Bertz CT molecular complexity index is 629. The van der Waals surface area contributed by atoms with Gasteiger partial charge >= 0.3 is 0 Å². The van der Waals surface area contributed by atoms with Crippen LogP contribution in [0.25, 0.3) is 11.1 Å². The Morgan fingerprint density at radius 2 is 1.72 bits per heavy atom. The van der Waals surface area contributed by atoms with Crippen LogP contribution in [0.4, 0.5) is 0 Å². The third kappa shape index (κ3) is 2.20. The van der Waals surface area contributed by atoms with Crippen LogP contribution in [0.2, 0.25) is 0 Å². The Hall–Kier alpha value is -1.55. The van der Waals surface area contributed by atoms with E-state index in [1.54, 1.807) is 7.11 Å². The molecule has 2 aromatic rings. The fourth-order valence-corrected chi connectivity index (χ4v) is 2.25. The van der Waals surface area contributed by atoms with Crippen LogP contribution < -0.4 is 10.2 Å². The minimum Gasteiger partial charge on any atom is -0.497 e. The Morgan fingerprint density at radius 1 is 1.11 bits per heavy atom. The number of rotatable bonds is 2. The number of halogens is 1. The average molecular weight is 308 g/mol. The number of H-pyrrole nitrogens is 1. The first kappa shape index (κ1) is 12.9. The molecule has 0 bridgehead atoms. The fraction of sp³-hybridized carbons (Fsp3) is 0.214. The number of methoxy groups -OCH3 is 1. The summed E-state index contributed by atoms with van der Waals surface area (Å²) in [6, 6.07) is 7.47. The van der Waals surface area contributed by atoms with E-state index in [2.05, 4.69) is 20.9 Å². The normalized spacial score (nSPS) is 10.4. The lowest BCUT2D eigenvalue weighted by molar-refractivity contribution is 0.415. The van der Waals surface area contributed by atoms with Crippen LogP contribution in [0.5, 0.6) is 5.75 Å². The lowest BCUT2D eigenvalue weighted by atomic mass is 10.0. The van der Waals surface area contributed by atoms with Crippen molar-refractivity contribution in [3.8, 4) is 16.9 Å². The van der Waals surface area contributed by atoms with Gasteiger partial charge in [-0.05, 0) is 47.5 Å². The SMILES string of the molecule is COc1ccc(-c2c(C)[nH]c(C)c(Br)c2=O)cc1. The Balaban J connectivity index is 2.63. The molecule has 1 aromatic carbocycles. The highest BCUT2D eigenvalue weighted by Crippen LogP contribution is 2.24. The second-order valence-electron chi connectivity index (χ2n) is 4.12. The zero-order valence-electron chi connectivity index (χ0n) is 10.5. The summed E-state index contributed by atoms with van der Waals surface area (Å²) in [5.41, 5.74) is 3.29. The van der Waals surface area contributed by atoms with Gasteiger partial charge in [0, 0.05) is 17.0 Å². The van der Waals surface area contributed by atoms with Gasteiger partial charge in [-0.3, -0.25) is 4.79 Å². The molecule has 0 saturated heterocycles. The minimum atomic E-state index is 0.00826. The number of hydrogen-bond donors (Lipinski definition) is 1. The van der Waals surface area contributed by atoms with E-state index in [0.29, 0.717) is 10.0 Å². The summed E-state index contributed by atoms with van der Waals surface area (Å²) in [6.45, 7) is 3.77. The molecule has 94 valence electrons. The lowest BCUT2D eigenvalue weighted by Gasteiger charge is -2.09. The van der Waals surface area contributed by atoms with E-state index >= 15 is 0 Å². The second-order valence-corrected chi connectivity index (χ2v) is 4.91. The number of hydrogen-bond acceptors (Lipinski definition) is 2. The summed E-state index contributed by atoms with van der Waals surface area (Å²) in [6.07, 6.45) is 0.